The van der Waals surface area contributed by atoms with Crippen molar-refractivity contribution in [3.05, 3.63) is 0 Å². The number of esters is 4. The molecule has 0 aromatic rings. The maximum Gasteiger partial charge on any atom is 0.472 e. The highest BCUT2D eigenvalue weighted by Crippen LogP contribution is 2.45. The van der Waals surface area contributed by atoms with Crippen LogP contribution in [0.1, 0.15) is 375 Å². The largest absolute Gasteiger partial charge is 0.472 e. The monoisotopic (exact) mass is 1350 g/mol. The summed E-state index contributed by atoms with van der Waals surface area (Å²) in [7, 11) is -9.90. The number of rotatable bonds is 72. The second kappa shape index (κ2) is 65.0. The molecule has 0 bridgehead atoms. The summed E-state index contributed by atoms with van der Waals surface area (Å²) >= 11 is 0. The maximum atomic E-state index is 13.1. The molecular formula is C73H142O17P2. The van der Waals surface area contributed by atoms with Crippen LogP contribution in [0.5, 0.6) is 0 Å². The van der Waals surface area contributed by atoms with Crippen molar-refractivity contribution in [2.75, 3.05) is 39.6 Å². The molecule has 546 valence electrons. The molecule has 0 aliphatic carbocycles. The maximum absolute atomic E-state index is 13.1. The van der Waals surface area contributed by atoms with Gasteiger partial charge in [0.25, 0.3) is 0 Å². The second-order valence-electron chi connectivity index (χ2n) is 27.3. The minimum atomic E-state index is -4.95. The number of phosphoric acid groups is 2. The van der Waals surface area contributed by atoms with Gasteiger partial charge in [0.1, 0.15) is 19.3 Å². The molecule has 5 atom stereocenters. The van der Waals surface area contributed by atoms with Gasteiger partial charge in [-0.05, 0) is 37.5 Å². The fourth-order valence-corrected chi connectivity index (χ4v) is 12.7. The SMILES string of the molecule is CCCCCCCCCCCCCCCCCCCCC(=O)O[C@H](COC(=O)CCCCCCCCCCCC(C)C)COP(=O)(O)OC[C@@H](O)COP(=O)(O)OC[C@@H](COC(=O)CCCCCCCCCCCCC)OC(=O)CCCCCCCCCCC(C)C. The van der Waals surface area contributed by atoms with Crippen molar-refractivity contribution in [1.29, 1.82) is 0 Å². The number of carbonyl (C=O) groups excluding carboxylic acids is 4. The van der Waals surface area contributed by atoms with E-state index in [1.54, 1.807) is 0 Å². The molecule has 2 unspecified atom stereocenters. The fraction of sp³-hybridized carbons (Fsp3) is 0.945. The normalized spacial score (nSPS) is 14.1. The lowest BCUT2D eigenvalue weighted by molar-refractivity contribution is -0.161. The van der Waals surface area contributed by atoms with E-state index < -0.39 is 97.5 Å². The highest BCUT2D eigenvalue weighted by atomic mass is 31.2. The third-order valence-corrected chi connectivity index (χ3v) is 18.9. The molecule has 0 aliphatic rings. The van der Waals surface area contributed by atoms with E-state index in [1.165, 1.54) is 193 Å². The number of hydrogen-bond donors (Lipinski definition) is 3. The molecule has 92 heavy (non-hydrogen) atoms. The van der Waals surface area contributed by atoms with Crippen molar-refractivity contribution in [2.45, 2.75) is 394 Å². The highest BCUT2D eigenvalue weighted by molar-refractivity contribution is 7.47. The van der Waals surface area contributed by atoms with Crippen molar-refractivity contribution in [1.82, 2.24) is 0 Å². The van der Waals surface area contributed by atoms with Crippen LogP contribution in [0, 0.1) is 11.8 Å². The molecule has 0 aromatic carbocycles. The van der Waals surface area contributed by atoms with Crippen LogP contribution in [0.4, 0.5) is 0 Å². The molecular weight excluding hydrogens is 1210 g/mol. The Kier molecular flexibility index (Phi) is 63.7. The van der Waals surface area contributed by atoms with Gasteiger partial charge in [-0.3, -0.25) is 37.3 Å². The summed E-state index contributed by atoms with van der Waals surface area (Å²) in [5, 5.41) is 10.6. The van der Waals surface area contributed by atoms with Gasteiger partial charge in [0, 0.05) is 25.7 Å². The first kappa shape index (κ1) is 90.1. The molecule has 3 N–H and O–H groups in total. The zero-order chi connectivity index (χ0) is 67.9. The van der Waals surface area contributed by atoms with E-state index in [-0.39, 0.29) is 25.7 Å². The predicted octanol–water partition coefficient (Wildman–Crippen LogP) is 21.2. The summed E-state index contributed by atoms with van der Waals surface area (Å²) in [6, 6.07) is 0. The van der Waals surface area contributed by atoms with E-state index in [0.29, 0.717) is 25.7 Å². The molecule has 0 heterocycles. The first-order valence-corrected chi connectivity index (χ1v) is 41.0. The van der Waals surface area contributed by atoms with Crippen LogP contribution in [0.3, 0.4) is 0 Å². The van der Waals surface area contributed by atoms with Crippen LogP contribution in [0.15, 0.2) is 0 Å². The van der Waals surface area contributed by atoms with Gasteiger partial charge in [0.05, 0.1) is 26.4 Å². The lowest BCUT2D eigenvalue weighted by Crippen LogP contribution is -2.30. The number of ether oxygens (including phenoxy) is 4. The van der Waals surface area contributed by atoms with Gasteiger partial charge in [0.2, 0.25) is 0 Å². The summed E-state index contributed by atoms with van der Waals surface area (Å²) in [6.07, 6.45) is 51.4. The van der Waals surface area contributed by atoms with Crippen molar-refractivity contribution in [2.24, 2.45) is 11.8 Å². The molecule has 0 aliphatic heterocycles. The Morgan fingerprint density at radius 3 is 0.739 bits per heavy atom. The number of unbranched alkanes of at least 4 members (excludes halogenated alkanes) is 42. The zero-order valence-electron chi connectivity index (χ0n) is 59.9. The molecule has 0 amide bonds. The number of phosphoric ester groups is 2. The summed E-state index contributed by atoms with van der Waals surface area (Å²) in [5.41, 5.74) is 0. The van der Waals surface area contributed by atoms with Gasteiger partial charge in [-0.2, -0.15) is 0 Å². The van der Waals surface area contributed by atoms with E-state index in [1.807, 2.05) is 0 Å². The van der Waals surface area contributed by atoms with E-state index >= 15 is 0 Å². The highest BCUT2D eigenvalue weighted by Gasteiger charge is 2.30. The second-order valence-corrected chi connectivity index (χ2v) is 30.2. The standard InChI is InChI=1S/C73H142O17P2/c1-7-9-11-13-15-17-19-20-21-22-23-24-25-27-31-39-45-51-57-72(77)89-68(61-84-71(76)56-50-44-38-32-28-29-35-41-47-53-65(3)4)63-87-91(79,80)85-59-67(74)60-86-92(81,82)88-64-69(90-73(78)58-52-46-40-34-33-36-42-48-54-66(5)6)62-83-70(75)55-49-43-37-30-26-18-16-14-12-10-8-2/h65-69,74H,7-64H2,1-6H3,(H,79,80)(H,81,82)/t67-,68-,69-/m1/s1. The van der Waals surface area contributed by atoms with Crippen molar-refractivity contribution < 1.29 is 80.2 Å². The first-order valence-electron chi connectivity index (χ1n) is 38.0. The Balaban J connectivity index is 5.23. The van der Waals surface area contributed by atoms with Crippen LogP contribution < -0.4 is 0 Å². The molecule has 0 rings (SSSR count). The van der Waals surface area contributed by atoms with E-state index in [9.17, 15) is 43.2 Å². The number of aliphatic hydroxyl groups excluding tert-OH is 1. The predicted molar refractivity (Wildman–Crippen MR) is 372 cm³/mol. The van der Waals surface area contributed by atoms with E-state index in [0.717, 1.165) is 102 Å². The summed E-state index contributed by atoms with van der Waals surface area (Å²) < 4.78 is 68.4. The van der Waals surface area contributed by atoms with Crippen LogP contribution in [0.25, 0.3) is 0 Å². The van der Waals surface area contributed by atoms with Gasteiger partial charge in [0.15, 0.2) is 12.2 Å². The molecule has 19 heteroatoms. The summed E-state index contributed by atoms with van der Waals surface area (Å²) in [5.74, 6) is -0.659. The Bertz CT molecular complexity index is 1790. The van der Waals surface area contributed by atoms with Crippen molar-refractivity contribution in [3.63, 3.8) is 0 Å². The van der Waals surface area contributed by atoms with Gasteiger partial charge in [-0.25, -0.2) is 9.13 Å². The minimum absolute atomic E-state index is 0.105. The number of carbonyl (C=O) groups is 4. The summed E-state index contributed by atoms with van der Waals surface area (Å²) in [6.45, 7) is 9.51. The van der Waals surface area contributed by atoms with Crippen LogP contribution in [0.2, 0.25) is 0 Å². The number of aliphatic hydroxyl groups is 1. The minimum Gasteiger partial charge on any atom is -0.462 e. The molecule has 0 saturated carbocycles. The van der Waals surface area contributed by atoms with Crippen LogP contribution in [-0.4, -0.2) is 96.7 Å². The first-order chi connectivity index (χ1) is 44.4. The van der Waals surface area contributed by atoms with Gasteiger partial charge in [-0.15, -0.1) is 0 Å². The Hall–Kier alpha value is -1.94. The zero-order valence-corrected chi connectivity index (χ0v) is 61.6. The summed E-state index contributed by atoms with van der Waals surface area (Å²) in [4.78, 5) is 72.6. The number of hydrogen-bond acceptors (Lipinski definition) is 15. The smallest absolute Gasteiger partial charge is 0.462 e. The Morgan fingerprint density at radius 1 is 0.293 bits per heavy atom. The topological polar surface area (TPSA) is 237 Å². The lowest BCUT2D eigenvalue weighted by Gasteiger charge is -2.21. The Labute approximate surface area is 562 Å². The molecule has 0 spiro atoms. The van der Waals surface area contributed by atoms with E-state index in [4.69, 9.17) is 37.0 Å². The van der Waals surface area contributed by atoms with Gasteiger partial charge < -0.3 is 33.8 Å². The van der Waals surface area contributed by atoms with Crippen molar-refractivity contribution >= 4 is 39.5 Å². The quantitative estimate of drug-likeness (QED) is 0.0222. The van der Waals surface area contributed by atoms with Gasteiger partial charge >= 0.3 is 39.5 Å². The molecule has 0 saturated heterocycles. The average Bonchev–Trinajstić information content (AvgIpc) is 3.00. The molecule has 17 nitrogen and oxygen atoms in total. The van der Waals surface area contributed by atoms with Gasteiger partial charge in [-0.1, -0.05) is 324 Å². The third kappa shape index (κ3) is 66.7. The third-order valence-electron chi connectivity index (χ3n) is 17.0. The van der Waals surface area contributed by atoms with E-state index in [2.05, 4.69) is 41.5 Å². The van der Waals surface area contributed by atoms with Crippen LogP contribution in [-0.2, 0) is 65.4 Å². The van der Waals surface area contributed by atoms with Crippen LogP contribution >= 0.6 is 15.6 Å². The average molecular weight is 1350 g/mol. The van der Waals surface area contributed by atoms with Crippen molar-refractivity contribution in [3.8, 4) is 0 Å². The Morgan fingerprint density at radius 2 is 0.500 bits per heavy atom. The molecule has 0 fully saturated rings. The lowest BCUT2D eigenvalue weighted by atomic mass is 10.0. The fourth-order valence-electron chi connectivity index (χ4n) is 11.1. The molecule has 0 aromatic heterocycles. The molecule has 0 radical (unpaired) electrons.